The van der Waals surface area contributed by atoms with Crippen LogP contribution in [0.5, 0.6) is 0 Å². The van der Waals surface area contributed by atoms with Crippen LogP contribution in [0.1, 0.15) is 24.3 Å². The van der Waals surface area contributed by atoms with E-state index in [0.717, 1.165) is 18.4 Å². The lowest BCUT2D eigenvalue weighted by molar-refractivity contribution is 0.346. The molecule has 0 aliphatic heterocycles. The molecular formula is C10H11ClFN. The van der Waals surface area contributed by atoms with Crippen molar-refractivity contribution in [3.05, 3.63) is 34.6 Å². The third-order valence-electron chi connectivity index (χ3n) is 2.69. The summed E-state index contributed by atoms with van der Waals surface area (Å²) in [4.78, 5) is 0. The van der Waals surface area contributed by atoms with Crippen LogP contribution in [0.2, 0.25) is 5.02 Å². The van der Waals surface area contributed by atoms with Gasteiger partial charge in [-0.15, -0.1) is 0 Å². The van der Waals surface area contributed by atoms with Crippen molar-refractivity contribution in [2.45, 2.75) is 24.8 Å². The van der Waals surface area contributed by atoms with Crippen LogP contribution in [0.15, 0.2) is 18.2 Å². The summed E-state index contributed by atoms with van der Waals surface area (Å²) in [6.45, 7) is 0. The zero-order chi connectivity index (χ0) is 9.42. The Kier molecular flexibility index (Phi) is 2.26. The Morgan fingerprint density at radius 3 is 2.69 bits per heavy atom. The van der Waals surface area contributed by atoms with Crippen molar-refractivity contribution in [3.63, 3.8) is 0 Å². The van der Waals surface area contributed by atoms with Crippen LogP contribution >= 0.6 is 11.6 Å². The highest BCUT2D eigenvalue weighted by molar-refractivity contribution is 6.31. The fourth-order valence-corrected chi connectivity index (χ4v) is 1.97. The van der Waals surface area contributed by atoms with Crippen molar-refractivity contribution in [1.29, 1.82) is 0 Å². The van der Waals surface area contributed by atoms with E-state index in [1.165, 1.54) is 12.1 Å². The van der Waals surface area contributed by atoms with Crippen molar-refractivity contribution in [2.24, 2.45) is 5.73 Å². The van der Waals surface area contributed by atoms with Gasteiger partial charge in [0.05, 0.1) is 0 Å². The van der Waals surface area contributed by atoms with Gasteiger partial charge in [-0.2, -0.15) is 0 Å². The molecule has 0 aromatic heterocycles. The van der Waals surface area contributed by atoms with Crippen LogP contribution < -0.4 is 5.73 Å². The third kappa shape index (κ3) is 1.56. The Morgan fingerprint density at radius 2 is 2.15 bits per heavy atom. The Hall–Kier alpha value is -0.600. The number of benzene rings is 1. The molecule has 2 N–H and O–H groups in total. The highest BCUT2D eigenvalue weighted by Crippen LogP contribution is 2.38. The summed E-state index contributed by atoms with van der Waals surface area (Å²) < 4.78 is 12.9. The van der Waals surface area contributed by atoms with Gasteiger partial charge in [-0.05, 0) is 36.6 Å². The molecule has 2 atom stereocenters. The number of halogens is 2. The van der Waals surface area contributed by atoms with E-state index in [2.05, 4.69) is 0 Å². The van der Waals surface area contributed by atoms with Crippen molar-refractivity contribution in [1.82, 2.24) is 0 Å². The molecule has 0 radical (unpaired) electrons. The van der Waals surface area contributed by atoms with Gasteiger partial charge >= 0.3 is 0 Å². The number of hydrogen-bond donors (Lipinski definition) is 1. The fraction of sp³-hybridized carbons (Fsp3) is 0.400. The number of hydrogen-bond acceptors (Lipinski definition) is 1. The minimum Gasteiger partial charge on any atom is -0.327 e. The summed E-state index contributed by atoms with van der Waals surface area (Å²) in [5, 5.41) is 0.626. The van der Waals surface area contributed by atoms with Crippen LogP contribution in [0.25, 0.3) is 0 Å². The van der Waals surface area contributed by atoms with Gasteiger partial charge in [-0.3, -0.25) is 0 Å². The van der Waals surface area contributed by atoms with Gasteiger partial charge in [-0.25, -0.2) is 4.39 Å². The maximum Gasteiger partial charge on any atom is 0.123 e. The molecule has 0 heterocycles. The molecule has 1 nitrogen and oxygen atoms in total. The topological polar surface area (TPSA) is 26.0 Å². The minimum absolute atomic E-state index is 0.152. The Bertz CT molecular complexity index is 327. The van der Waals surface area contributed by atoms with Gasteiger partial charge in [0.1, 0.15) is 5.82 Å². The Balaban J connectivity index is 2.33. The summed E-state index contributed by atoms with van der Waals surface area (Å²) in [5.74, 6) is 0.0155. The van der Waals surface area contributed by atoms with Crippen LogP contribution in [0.3, 0.4) is 0 Å². The molecule has 70 valence electrons. The van der Waals surface area contributed by atoms with E-state index < -0.39 is 0 Å². The lowest BCUT2D eigenvalue weighted by atomic mass is 9.75. The van der Waals surface area contributed by atoms with Crippen LogP contribution in [0, 0.1) is 5.82 Å². The van der Waals surface area contributed by atoms with Gasteiger partial charge in [-0.1, -0.05) is 11.6 Å². The highest BCUT2D eigenvalue weighted by Gasteiger charge is 2.30. The highest BCUT2D eigenvalue weighted by atomic mass is 35.5. The zero-order valence-corrected chi connectivity index (χ0v) is 7.89. The molecule has 3 heteroatoms. The average Bonchev–Trinajstić information content (AvgIpc) is 2.09. The van der Waals surface area contributed by atoms with E-state index in [0.29, 0.717) is 5.02 Å². The zero-order valence-electron chi connectivity index (χ0n) is 7.13. The molecule has 0 bridgehead atoms. The van der Waals surface area contributed by atoms with Gasteiger partial charge in [0, 0.05) is 17.0 Å². The minimum atomic E-state index is -0.237. The summed E-state index contributed by atoms with van der Waals surface area (Å²) in [6.07, 6.45) is 2.03. The monoisotopic (exact) mass is 199 g/mol. The predicted molar refractivity (Wildman–Crippen MR) is 51.4 cm³/mol. The molecule has 13 heavy (non-hydrogen) atoms. The fourth-order valence-electron chi connectivity index (χ4n) is 1.71. The van der Waals surface area contributed by atoms with Crippen LogP contribution in [0.4, 0.5) is 4.39 Å². The van der Waals surface area contributed by atoms with Gasteiger partial charge in [0.15, 0.2) is 0 Å². The van der Waals surface area contributed by atoms with Gasteiger partial charge < -0.3 is 5.73 Å². The molecule has 2 rings (SSSR count). The summed E-state index contributed by atoms with van der Waals surface area (Å²) in [7, 11) is 0. The smallest absolute Gasteiger partial charge is 0.123 e. The van der Waals surface area contributed by atoms with E-state index in [-0.39, 0.29) is 17.8 Å². The summed E-state index contributed by atoms with van der Waals surface area (Å²) in [5.41, 5.74) is 6.65. The predicted octanol–water partition coefficient (Wildman–Crippen LogP) is 2.68. The van der Waals surface area contributed by atoms with Gasteiger partial charge in [0.25, 0.3) is 0 Å². The van der Waals surface area contributed by atoms with E-state index in [1.54, 1.807) is 6.07 Å². The molecule has 1 saturated carbocycles. The number of rotatable bonds is 1. The normalized spacial score (nSPS) is 27.0. The quantitative estimate of drug-likeness (QED) is 0.740. The molecule has 1 aromatic carbocycles. The molecule has 0 spiro atoms. The molecule has 1 aliphatic carbocycles. The maximum atomic E-state index is 12.9. The second-order valence-electron chi connectivity index (χ2n) is 3.51. The first-order valence-electron chi connectivity index (χ1n) is 4.39. The molecule has 1 aromatic rings. The molecule has 0 amide bonds. The standard InChI is InChI=1S/C10H11ClFN/c11-9-3-1-6(12)5-8(9)7-2-4-10(7)13/h1,3,5,7,10H,2,4,13H2. The first-order chi connectivity index (χ1) is 6.18. The molecule has 2 unspecified atom stereocenters. The van der Waals surface area contributed by atoms with Crippen molar-refractivity contribution >= 4 is 11.6 Å². The number of nitrogens with two attached hydrogens (primary N) is 1. The molecule has 1 aliphatic rings. The van der Waals surface area contributed by atoms with E-state index in [4.69, 9.17) is 17.3 Å². The SMILES string of the molecule is NC1CCC1c1cc(F)ccc1Cl. The van der Waals surface area contributed by atoms with Crippen molar-refractivity contribution < 1.29 is 4.39 Å². The van der Waals surface area contributed by atoms with Crippen molar-refractivity contribution in [3.8, 4) is 0 Å². The van der Waals surface area contributed by atoms with Gasteiger partial charge in [0.2, 0.25) is 0 Å². The Morgan fingerprint density at radius 1 is 1.38 bits per heavy atom. The van der Waals surface area contributed by atoms with Crippen LogP contribution in [-0.2, 0) is 0 Å². The van der Waals surface area contributed by atoms with Crippen LogP contribution in [-0.4, -0.2) is 6.04 Å². The second-order valence-corrected chi connectivity index (χ2v) is 3.92. The van der Waals surface area contributed by atoms with Crippen molar-refractivity contribution in [2.75, 3.05) is 0 Å². The second kappa shape index (κ2) is 3.28. The first-order valence-corrected chi connectivity index (χ1v) is 4.77. The van der Waals surface area contributed by atoms with E-state index in [1.807, 2.05) is 0 Å². The Labute approximate surface area is 81.7 Å². The molecular weight excluding hydrogens is 189 g/mol. The maximum absolute atomic E-state index is 12.9. The molecule has 0 saturated heterocycles. The van der Waals surface area contributed by atoms with E-state index >= 15 is 0 Å². The average molecular weight is 200 g/mol. The molecule has 1 fully saturated rings. The lowest BCUT2D eigenvalue weighted by Gasteiger charge is -2.34. The third-order valence-corrected chi connectivity index (χ3v) is 3.03. The first kappa shape index (κ1) is 8.97. The lowest BCUT2D eigenvalue weighted by Crippen LogP contribution is -2.37. The summed E-state index contributed by atoms with van der Waals surface area (Å²) in [6, 6.07) is 4.61. The largest absolute Gasteiger partial charge is 0.327 e. The summed E-state index contributed by atoms with van der Waals surface area (Å²) >= 11 is 5.95. The van der Waals surface area contributed by atoms with E-state index in [9.17, 15) is 4.39 Å².